The lowest BCUT2D eigenvalue weighted by Crippen LogP contribution is -2.43. The summed E-state index contributed by atoms with van der Waals surface area (Å²) in [5, 5.41) is 12.6. The predicted octanol–water partition coefficient (Wildman–Crippen LogP) is 1.65. The number of alkyl halides is 3. The lowest BCUT2D eigenvalue weighted by Gasteiger charge is -2.22. The molecule has 0 saturated carbocycles. The fourth-order valence-corrected chi connectivity index (χ4v) is 2.59. The van der Waals surface area contributed by atoms with E-state index in [0.29, 0.717) is 5.56 Å². The number of carbonyl (C=O) groups excluding carboxylic acids is 1. The number of nitrogens with one attached hydrogen (secondary N) is 1. The maximum atomic E-state index is 11.4. The van der Waals surface area contributed by atoms with Crippen molar-refractivity contribution in [3.63, 3.8) is 0 Å². The lowest BCUT2D eigenvalue weighted by atomic mass is 10.0. The summed E-state index contributed by atoms with van der Waals surface area (Å²) < 4.78 is 22.7. The summed E-state index contributed by atoms with van der Waals surface area (Å²) in [5.41, 5.74) is 0.411. The third-order valence-corrected chi connectivity index (χ3v) is 4.58. The van der Waals surface area contributed by atoms with Gasteiger partial charge in [-0.05, 0) is 17.7 Å². The van der Waals surface area contributed by atoms with Crippen LogP contribution in [0.2, 0.25) is 0 Å². The van der Waals surface area contributed by atoms with E-state index in [1.54, 1.807) is 0 Å². The summed E-state index contributed by atoms with van der Waals surface area (Å²) >= 11 is 16.5. The first-order chi connectivity index (χ1) is 9.66. The van der Waals surface area contributed by atoms with Gasteiger partial charge >= 0.3 is 0 Å². The van der Waals surface area contributed by atoms with Crippen molar-refractivity contribution >= 4 is 50.5 Å². The van der Waals surface area contributed by atoms with Gasteiger partial charge in [-0.15, -0.1) is 11.6 Å². The van der Waals surface area contributed by atoms with Crippen molar-refractivity contribution in [1.82, 2.24) is 5.32 Å². The molecule has 0 radical (unpaired) electrons. The maximum absolute atomic E-state index is 11.4. The van der Waals surface area contributed by atoms with E-state index in [2.05, 4.69) is 5.32 Å². The Morgan fingerprint density at radius 3 is 2.19 bits per heavy atom. The number of carbonyl (C=O) groups is 1. The van der Waals surface area contributed by atoms with E-state index in [9.17, 15) is 18.3 Å². The molecule has 0 aliphatic rings. The van der Waals surface area contributed by atoms with Crippen molar-refractivity contribution in [2.75, 3.05) is 12.1 Å². The normalized spacial score (nSPS) is 14.8. The molecule has 0 aliphatic carbocycles. The molecule has 2 atom stereocenters. The molecule has 21 heavy (non-hydrogen) atoms. The largest absolute Gasteiger partial charge is 0.386 e. The van der Waals surface area contributed by atoms with E-state index in [-0.39, 0.29) is 10.8 Å². The summed E-state index contributed by atoms with van der Waals surface area (Å²) in [6, 6.07) is 4.83. The molecule has 0 heterocycles. The second kappa shape index (κ2) is 7.65. The van der Waals surface area contributed by atoms with E-state index < -0.39 is 32.7 Å². The Bertz CT molecular complexity index is 589. The van der Waals surface area contributed by atoms with Crippen LogP contribution in [0.5, 0.6) is 0 Å². The monoisotopic (exact) mass is 373 g/mol. The summed E-state index contributed by atoms with van der Waals surface area (Å²) in [6.45, 7) is 0. The van der Waals surface area contributed by atoms with Crippen molar-refractivity contribution in [3.05, 3.63) is 29.8 Å². The Morgan fingerprint density at radius 2 is 1.81 bits per heavy atom. The van der Waals surface area contributed by atoms with Gasteiger partial charge in [0.15, 0.2) is 14.7 Å². The SMILES string of the molecule is CS(=O)(=O)c1ccc([C@@H](O)[C@@H](CCl)NC(=O)C(Cl)Cl)cc1. The van der Waals surface area contributed by atoms with Crippen molar-refractivity contribution in [2.45, 2.75) is 21.9 Å². The predicted molar refractivity (Wildman–Crippen MR) is 82.7 cm³/mol. The fourth-order valence-electron chi connectivity index (χ4n) is 1.59. The number of rotatable bonds is 6. The van der Waals surface area contributed by atoms with E-state index in [4.69, 9.17) is 34.8 Å². The molecule has 0 fully saturated rings. The van der Waals surface area contributed by atoms with Gasteiger partial charge in [0, 0.05) is 12.1 Å². The Labute approximate surface area is 138 Å². The first-order valence-corrected chi connectivity index (χ1v) is 9.09. The smallest absolute Gasteiger partial charge is 0.253 e. The van der Waals surface area contributed by atoms with Gasteiger partial charge in [-0.1, -0.05) is 35.3 Å². The highest BCUT2D eigenvalue weighted by Gasteiger charge is 2.24. The van der Waals surface area contributed by atoms with Crippen molar-refractivity contribution in [1.29, 1.82) is 0 Å². The highest BCUT2D eigenvalue weighted by atomic mass is 35.5. The van der Waals surface area contributed by atoms with Gasteiger partial charge < -0.3 is 10.4 Å². The van der Waals surface area contributed by atoms with Gasteiger partial charge in [0.05, 0.1) is 10.9 Å². The van der Waals surface area contributed by atoms with Crippen LogP contribution >= 0.6 is 34.8 Å². The minimum atomic E-state index is -3.31. The van der Waals surface area contributed by atoms with Crippen molar-refractivity contribution in [2.24, 2.45) is 0 Å². The first kappa shape index (κ1) is 18.5. The Hall–Kier alpha value is -0.530. The van der Waals surface area contributed by atoms with Gasteiger partial charge in [0.2, 0.25) is 0 Å². The number of hydrogen-bond donors (Lipinski definition) is 2. The quantitative estimate of drug-likeness (QED) is 0.742. The summed E-state index contributed by atoms with van der Waals surface area (Å²) in [7, 11) is -3.31. The van der Waals surface area contributed by atoms with Crippen LogP contribution in [0.4, 0.5) is 0 Å². The molecule has 0 saturated heterocycles. The van der Waals surface area contributed by atoms with Crippen LogP contribution in [-0.2, 0) is 14.6 Å². The van der Waals surface area contributed by atoms with Gasteiger partial charge in [-0.25, -0.2) is 8.42 Å². The molecule has 1 aromatic carbocycles. The molecule has 2 N–H and O–H groups in total. The second-order valence-corrected chi connectivity index (χ2v) is 7.78. The highest BCUT2D eigenvalue weighted by molar-refractivity contribution is 7.90. The molecular weight excluding hydrogens is 361 g/mol. The van der Waals surface area contributed by atoms with E-state index in [1.807, 2.05) is 0 Å². The zero-order valence-electron chi connectivity index (χ0n) is 11.0. The molecule has 0 aromatic heterocycles. The van der Waals surface area contributed by atoms with Gasteiger partial charge in [-0.2, -0.15) is 0 Å². The van der Waals surface area contributed by atoms with Gasteiger partial charge in [0.25, 0.3) is 5.91 Å². The molecule has 1 aromatic rings. The molecule has 0 unspecified atom stereocenters. The minimum absolute atomic E-state index is 0.0682. The van der Waals surface area contributed by atoms with Crippen LogP contribution in [-0.4, -0.2) is 42.4 Å². The molecule has 1 amide bonds. The number of amides is 1. The highest BCUT2D eigenvalue weighted by Crippen LogP contribution is 2.20. The fraction of sp³-hybridized carbons (Fsp3) is 0.417. The topological polar surface area (TPSA) is 83.5 Å². The summed E-state index contributed by atoms with van der Waals surface area (Å²) in [6.07, 6.45) is -0.0338. The zero-order valence-corrected chi connectivity index (χ0v) is 14.0. The summed E-state index contributed by atoms with van der Waals surface area (Å²) in [4.78, 5) is 10.3. The second-order valence-electron chi connectivity index (χ2n) is 4.36. The lowest BCUT2D eigenvalue weighted by molar-refractivity contribution is -0.120. The third-order valence-electron chi connectivity index (χ3n) is 2.72. The number of hydrogen-bond acceptors (Lipinski definition) is 4. The minimum Gasteiger partial charge on any atom is -0.386 e. The molecule has 1 rings (SSSR count). The van der Waals surface area contributed by atoms with Crippen molar-refractivity contribution in [3.8, 4) is 0 Å². The Kier molecular flexibility index (Phi) is 6.74. The summed E-state index contributed by atoms with van der Waals surface area (Å²) in [5.74, 6) is -0.739. The Morgan fingerprint density at radius 1 is 1.29 bits per heavy atom. The van der Waals surface area contributed by atoms with Crippen LogP contribution in [0.25, 0.3) is 0 Å². The first-order valence-electron chi connectivity index (χ1n) is 5.79. The molecular formula is C12H14Cl3NO4S. The number of sulfone groups is 1. The molecule has 0 aliphatic heterocycles. The van der Waals surface area contributed by atoms with Crippen molar-refractivity contribution < 1.29 is 18.3 Å². The molecule has 5 nitrogen and oxygen atoms in total. The number of benzene rings is 1. The van der Waals surface area contributed by atoms with Gasteiger partial charge in [0.1, 0.15) is 6.10 Å². The van der Waals surface area contributed by atoms with Crippen LogP contribution in [0.1, 0.15) is 11.7 Å². The standard InChI is InChI=1S/C12H14Cl3NO4S/c1-21(19,20)8-4-2-7(3-5-8)10(17)9(6-13)16-12(18)11(14)15/h2-5,9-11,17H,6H2,1H3,(H,16,18)/t9-,10-/m1/s1. The molecule has 9 heteroatoms. The number of aliphatic hydroxyl groups excluding tert-OH is 1. The number of aliphatic hydroxyl groups is 1. The zero-order chi connectivity index (χ0) is 16.2. The number of halogens is 3. The average Bonchev–Trinajstić information content (AvgIpc) is 2.42. The van der Waals surface area contributed by atoms with Crippen LogP contribution in [0, 0.1) is 0 Å². The third kappa shape index (κ3) is 5.30. The molecule has 0 bridgehead atoms. The Balaban J connectivity index is 2.90. The van der Waals surface area contributed by atoms with Gasteiger partial charge in [-0.3, -0.25) is 4.79 Å². The van der Waals surface area contributed by atoms with Crippen LogP contribution in [0.3, 0.4) is 0 Å². The molecule has 118 valence electrons. The molecule has 0 spiro atoms. The average molecular weight is 375 g/mol. The van der Waals surface area contributed by atoms with Crippen LogP contribution < -0.4 is 5.32 Å². The van der Waals surface area contributed by atoms with E-state index in [0.717, 1.165) is 6.26 Å². The van der Waals surface area contributed by atoms with E-state index in [1.165, 1.54) is 24.3 Å². The maximum Gasteiger partial charge on any atom is 0.253 e. The van der Waals surface area contributed by atoms with Crippen LogP contribution in [0.15, 0.2) is 29.2 Å². The van der Waals surface area contributed by atoms with E-state index >= 15 is 0 Å².